The quantitative estimate of drug-likeness (QED) is 0.784. The predicted molar refractivity (Wildman–Crippen MR) is 76.9 cm³/mol. The first-order valence-corrected chi connectivity index (χ1v) is 6.78. The molecule has 3 aromatic heterocycles. The molecule has 1 N–H and O–H groups in total. The number of aromatic nitrogens is 3. The monoisotopic (exact) mass is 282 g/mol. The Morgan fingerprint density at radius 3 is 3.00 bits per heavy atom. The van der Waals surface area contributed by atoms with E-state index >= 15 is 0 Å². The highest BCUT2D eigenvalue weighted by atomic mass is 32.1. The third-order valence-electron chi connectivity index (χ3n) is 3.01. The van der Waals surface area contributed by atoms with Crippen LogP contribution in [0.15, 0.2) is 41.0 Å². The molecule has 0 fully saturated rings. The predicted octanol–water partition coefficient (Wildman–Crippen LogP) is 2.47. The van der Waals surface area contributed by atoms with Crippen LogP contribution in [0.1, 0.15) is 11.3 Å². The fourth-order valence-electron chi connectivity index (χ4n) is 1.98. The summed E-state index contributed by atoms with van der Waals surface area (Å²) in [5.41, 5.74) is 2.42. The lowest BCUT2D eigenvalue weighted by Gasteiger charge is -2.03. The summed E-state index contributed by atoms with van der Waals surface area (Å²) in [5.74, 6) is 0. The Balaban J connectivity index is 2.11. The van der Waals surface area contributed by atoms with Gasteiger partial charge in [-0.25, -0.2) is 4.98 Å². The van der Waals surface area contributed by atoms with Crippen molar-refractivity contribution in [2.75, 3.05) is 0 Å². The van der Waals surface area contributed by atoms with E-state index in [1.54, 1.807) is 29.9 Å². The summed E-state index contributed by atoms with van der Waals surface area (Å²) in [6, 6.07) is 5.56. The van der Waals surface area contributed by atoms with Crippen LogP contribution in [0.25, 0.3) is 16.1 Å². The van der Waals surface area contributed by atoms with Gasteiger partial charge in [0.25, 0.3) is 5.56 Å². The minimum absolute atomic E-state index is 0.128. The van der Waals surface area contributed by atoms with E-state index in [1.807, 2.05) is 35.2 Å². The summed E-state index contributed by atoms with van der Waals surface area (Å²) in [6.07, 6.45) is 5.31. The van der Waals surface area contributed by atoms with Crippen molar-refractivity contribution in [1.82, 2.24) is 14.5 Å². The number of imidazole rings is 1. The van der Waals surface area contributed by atoms with E-state index in [0.717, 1.165) is 21.8 Å². The molecule has 6 heteroatoms. The van der Waals surface area contributed by atoms with E-state index in [2.05, 4.69) is 9.97 Å². The standard InChI is InChI=1S/C14H10N4OS/c1-9-12(4-10(6-15)14(19)17-9)13-5-11(7-20-13)18-3-2-16-8-18/h2-5,7-8H,1H3,(H,17,19). The Labute approximate surface area is 118 Å². The van der Waals surface area contributed by atoms with Gasteiger partial charge in [0.1, 0.15) is 11.6 Å². The van der Waals surface area contributed by atoms with E-state index in [1.165, 1.54) is 0 Å². The highest BCUT2D eigenvalue weighted by Crippen LogP contribution is 2.30. The van der Waals surface area contributed by atoms with Gasteiger partial charge in [0, 0.05) is 33.9 Å². The maximum atomic E-state index is 11.6. The first kappa shape index (κ1) is 12.4. The second kappa shape index (κ2) is 4.79. The maximum Gasteiger partial charge on any atom is 0.266 e. The third-order valence-corrected chi connectivity index (χ3v) is 3.96. The lowest BCUT2D eigenvalue weighted by Crippen LogP contribution is -2.11. The van der Waals surface area contributed by atoms with Gasteiger partial charge < -0.3 is 9.55 Å². The van der Waals surface area contributed by atoms with Crippen molar-refractivity contribution in [2.45, 2.75) is 6.92 Å². The second-order valence-electron chi connectivity index (χ2n) is 4.30. The number of hydrogen-bond donors (Lipinski definition) is 1. The van der Waals surface area contributed by atoms with Crippen molar-refractivity contribution >= 4 is 11.3 Å². The number of pyridine rings is 1. The molecule has 3 aromatic rings. The van der Waals surface area contributed by atoms with E-state index in [0.29, 0.717) is 0 Å². The fraction of sp³-hybridized carbons (Fsp3) is 0.0714. The van der Waals surface area contributed by atoms with Crippen LogP contribution < -0.4 is 5.56 Å². The molecule has 0 radical (unpaired) electrons. The Bertz CT molecular complexity index is 852. The number of nitriles is 1. The fourth-order valence-corrected chi connectivity index (χ4v) is 2.94. The summed E-state index contributed by atoms with van der Waals surface area (Å²) >= 11 is 1.56. The zero-order valence-electron chi connectivity index (χ0n) is 10.6. The third kappa shape index (κ3) is 2.04. The summed E-state index contributed by atoms with van der Waals surface area (Å²) in [6.45, 7) is 1.83. The van der Waals surface area contributed by atoms with Gasteiger partial charge in [-0.3, -0.25) is 4.79 Å². The second-order valence-corrected chi connectivity index (χ2v) is 5.21. The van der Waals surface area contributed by atoms with Gasteiger partial charge in [-0.2, -0.15) is 5.26 Å². The molecular formula is C14H10N4OS. The molecule has 0 amide bonds. The van der Waals surface area contributed by atoms with E-state index in [4.69, 9.17) is 5.26 Å². The normalized spacial score (nSPS) is 10.4. The zero-order chi connectivity index (χ0) is 14.1. The maximum absolute atomic E-state index is 11.6. The average Bonchev–Trinajstić information content (AvgIpc) is 3.09. The molecule has 0 spiro atoms. The number of aryl methyl sites for hydroxylation is 1. The highest BCUT2D eigenvalue weighted by Gasteiger charge is 2.10. The minimum Gasteiger partial charge on any atom is -0.325 e. The van der Waals surface area contributed by atoms with E-state index in [9.17, 15) is 4.79 Å². The van der Waals surface area contributed by atoms with E-state index in [-0.39, 0.29) is 11.1 Å². The number of nitrogens with zero attached hydrogens (tertiary/aromatic N) is 3. The lowest BCUT2D eigenvalue weighted by atomic mass is 10.1. The molecule has 0 bridgehead atoms. The zero-order valence-corrected chi connectivity index (χ0v) is 11.4. The molecule has 0 atom stereocenters. The molecule has 0 saturated carbocycles. The first-order valence-electron chi connectivity index (χ1n) is 5.90. The number of H-pyrrole nitrogens is 1. The van der Waals surface area contributed by atoms with Gasteiger partial charge in [0.05, 0.1) is 12.0 Å². The van der Waals surface area contributed by atoms with Gasteiger partial charge in [0.2, 0.25) is 0 Å². The lowest BCUT2D eigenvalue weighted by molar-refractivity contribution is 1.07. The molecule has 0 unspecified atom stereocenters. The molecule has 3 heterocycles. The average molecular weight is 282 g/mol. The van der Waals surface area contributed by atoms with Crippen molar-refractivity contribution in [1.29, 1.82) is 5.26 Å². The molecule has 5 nitrogen and oxygen atoms in total. The molecule has 0 aliphatic rings. The van der Waals surface area contributed by atoms with Crippen molar-refractivity contribution < 1.29 is 0 Å². The van der Waals surface area contributed by atoms with Gasteiger partial charge in [-0.05, 0) is 19.1 Å². The number of rotatable bonds is 2. The summed E-state index contributed by atoms with van der Waals surface area (Å²) < 4.78 is 1.91. The van der Waals surface area contributed by atoms with Crippen LogP contribution in [0.4, 0.5) is 0 Å². The Morgan fingerprint density at radius 1 is 1.45 bits per heavy atom. The van der Waals surface area contributed by atoms with Gasteiger partial charge in [0.15, 0.2) is 0 Å². The smallest absolute Gasteiger partial charge is 0.266 e. The van der Waals surface area contributed by atoms with Crippen molar-refractivity contribution in [3.8, 4) is 22.2 Å². The molecule has 3 rings (SSSR count). The van der Waals surface area contributed by atoms with Crippen LogP contribution >= 0.6 is 11.3 Å². The molecule has 98 valence electrons. The van der Waals surface area contributed by atoms with Crippen LogP contribution in [-0.2, 0) is 0 Å². The number of hydrogen-bond acceptors (Lipinski definition) is 4. The van der Waals surface area contributed by atoms with Crippen molar-refractivity contribution in [3.63, 3.8) is 0 Å². The SMILES string of the molecule is Cc1[nH]c(=O)c(C#N)cc1-c1cc(-n2ccnc2)cs1. The minimum atomic E-state index is -0.347. The van der Waals surface area contributed by atoms with Crippen LogP contribution in [0.3, 0.4) is 0 Å². The molecular weight excluding hydrogens is 272 g/mol. The highest BCUT2D eigenvalue weighted by molar-refractivity contribution is 7.13. The first-order chi connectivity index (χ1) is 9.69. The molecule has 0 aliphatic heterocycles. The van der Waals surface area contributed by atoms with Crippen LogP contribution in [0.5, 0.6) is 0 Å². The van der Waals surface area contributed by atoms with Crippen LogP contribution in [-0.4, -0.2) is 14.5 Å². The molecule has 0 saturated heterocycles. The Kier molecular flexibility index (Phi) is 2.97. The van der Waals surface area contributed by atoms with Gasteiger partial charge >= 0.3 is 0 Å². The van der Waals surface area contributed by atoms with Crippen LogP contribution in [0.2, 0.25) is 0 Å². The van der Waals surface area contributed by atoms with Crippen molar-refractivity contribution in [2.24, 2.45) is 0 Å². The Hall–Kier alpha value is -2.65. The molecule has 0 aromatic carbocycles. The summed E-state index contributed by atoms with van der Waals surface area (Å²) in [4.78, 5) is 19.3. The molecule has 0 aliphatic carbocycles. The largest absolute Gasteiger partial charge is 0.325 e. The summed E-state index contributed by atoms with van der Waals surface area (Å²) in [5, 5.41) is 11.0. The Morgan fingerprint density at radius 2 is 2.30 bits per heavy atom. The number of nitrogens with one attached hydrogen (secondary N) is 1. The number of aromatic amines is 1. The summed E-state index contributed by atoms with van der Waals surface area (Å²) in [7, 11) is 0. The number of thiophene rings is 1. The van der Waals surface area contributed by atoms with Gasteiger partial charge in [-0.15, -0.1) is 11.3 Å². The van der Waals surface area contributed by atoms with Crippen molar-refractivity contribution in [3.05, 3.63) is 57.8 Å². The molecule has 20 heavy (non-hydrogen) atoms. The van der Waals surface area contributed by atoms with Gasteiger partial charge in [-0.1, -0.05) is 0 Å². The van der Waals surface area contributed by atoms with E-state index < -0.39 is 0 Å². The van der Waals surface area contributed by atoms with Crippen LogP contribution in [0, 0.1) is 18.3 Å². The topological polar surface area (TPSA) is 74.5 Å².